The lowest BCUT2D eigenvalue weighted by Gasteiger charge is -2.14. The monoisotopic (exact) mass is 248 g/mol. The van der Waals surface area contributed by atoms with E-state index in [4.69, 9.17) is 11.5 Å². The number of hydrogen-bond donors (Lipinski definition) is 3. The minimum absolute atomic E-state index is 0.0563. The number of aromatic nitrogens is 1. The summed E-state index contributed by atoms with van der Waals surface area (Å²) in [6.07, 6.45) is 3.93. The standard InChI is InChI=1S/C13H20N4O/c1-2-9(14)7-16-13-10(12(15)18)6-8-4-3-5-11(8)17-13/h6,9H,2-5,7,14H2,1H3,(H2,15,18)(H,16,17). The molecule has 0 radical (unpaired) electrons. The van der Waals surface area contributed by atoms with Crippen LogP contribution < -0.4 is 16.8 Å². The summed E-state index contributed by atoms with van der Waals surface area (Å²) >= 11 is 0. The molecule has 5 N–H and O–H groups in total. The zero-order chi connectivity index (χ0) is 13.1. The third-order valence-electron chi connectivity index (χ3n) is 3.37. The van der Waals surface area contributed by atoms with Crippen molar-refractivity contribution in [1.82, 2.24) is 4.98 Å². The number of hydrogen-bond acceptors (Lipinski definition) is 4. The van der Waals surface area contributed by atoms with Gasteiger partial charge in [0.2, 0.25) is 0 Å². The maximum Gasteiger partial charge on any atom is 0.252 e. The molecule has 0 saturated heterocycles. The van der Waals surface area contributed by atoms with Gasteiger partial charge in [0.05, 0.1) is 5.56 Å². The quantitative estimate of drug-likeness (QED) is 0.719. The molecule has 0 spiro atoms. The Bertz CT molecular complexity index is 459. The van der Waals surface area contributed by atoms with Crippen LogP contribution in [0.15, 0.2) is 6.07 Å². The average Bonchev–Trinajstić information content (AvgIpc) is 2.81. The zero-order valence-electron chi connectivity index (χ0n) is 10.7. The summed E-state index contributed by atoms with van der Waals surface area (Å²) in [5, 5.41) is 3.14. The van der Waals surface area contributed by atoms with Crippen LogP contribution in [0.2, 0.25) is 0 Å². The Morgan fingerprint density at radius 2 is 2.33 bits per heavy atom. The molecule has 1 aromatic rings. The van der Waals surface area contributed by atoms with E-state index >= 15 is 0 Å². The van der Waals surface area contributed by atoms with Crippen molar-refractivity contribution in [2.45, 2.75) is 38.6 Å². The summed E-state index contributed by atoms with van der Waals surface area (Å²) in [5.41, 5.74) is 13.9. The molecule has 18 heavy (non-hydrogen) atoms. The highest BCUT2D eigenvalue weighted by atomic mass is 16.1. The van der Waals surface area contributed by atoms with Crippen LogP contribution in [0.4, 0.5) is 5.82 Å². The molecule has 1 aliphatic rings. The molecule has 0 aromatic carbocycles. The van der Waals surface area contributed by atoms with Crippen LogP contribution in [0.3, 0.4) is 0 Å². The third-order valence-corrected chi connectivity index (χ3v) is 3.37. The Balaban J connectivity index is 2.24. The molecule has 1 atom stereocenters. The predicted molar refractivity (Wildman–Crippen MR) is 71.5 cm³/mol. The summed E-state index contributed by atoms with van der Waals surface area (Å²) in [4.78, 5) is 16.0. The van der Waals surface area contributed by atoms with E-state index in [0.717, 1.165) is 36.9 Å². The predicted octanol–water partition coefficient (Wildman–Crippen LogP) is 0.818. The minimum atomic E-state index is -0.440. The van der Waals surface area contributed by atoms with E-state index in [0.29, 0.717) is 17.9 Å². The van der Waals surface area contributed by atoms with Crippen LogP contribution in [-0.2, 0) is 12.8 Å². The van der Waals surface area contributed by atoms with Gasteiger partial charge < -0.3 is 16.8 Å². The van der Waals surface area contributed by atoms with Crippen LogP contribution in [0.5, 0.6) is 0 Å². The van der Waals surface area contributed by atoms with Crippen LogP contribution in [0.25, 0.3) is 0 Å². The number of nitrogens with two attached hydrogens (primary N) is 2. The molecule has 0 bridgehead atoms. The number of aryl methyl sites for hydroxylation is 2. The van der Waals surface area contributed by atoms with Gasteiger partial charge in [-0.2, -0.15) is 0 Å². The normalized spacial score (nSPS) is 15.2. The Hall–Kier alpha value is -1.62. The number of carbonyl (C=O) groups is 1. The second kappa shape index (κ2) is 5.35. The van der Waals surface area contributed by atoms with Gasteiger partial charge in [0.1, 0.15) is 5.82 Å². The lowest BCUT2D eigenvalue weighted by molar-refractivity contribution is 0.100. The Labute approximate surface area is 107 Å². The van der Waals surface area contributed by atoms with E-state index in [1.165, 1.54) is 0 Å². The topological polar surface area (TPSA) is 94.0 Å². The third kappa shape index (κ3) is 2.61. The Morgan fingerprint density at radius 3 is 3.00 bits per heavy atom. The summed E-state index contributed by atoms with van der Waals surface area (Å²) in [6.45, 7) is 2.63. The summed E-state index contributed by atoms with van der Waals surface area (Å²) in [7, 11) is 0. The highest BCUT2D eigenvalue weighted by molar-refractivity contribution is 5.97. The molecule has 5 heteroatoms. The largest absolute Gasteiger partial charge is 0.368 e. The van der Waals surface area contributed by atoms with Gasteiger partial charge in [0.25, 0.3) is 5.91 Å². The van der Waals surface area contributed by atoms with Crippen molar-refractivity contribution in [3.8, 4) is 0 Å². The lowest BCUT2D eigenvalue weighted by atomic mass is 10.1. The molecule has 2 rings (SSSR count). The van der Waals surface area contributed by atoms with Gasteiger partial charge in [0.15, 0.2) is 0 Å². The average molecular weight is 248 g/mol. The fourth-order valence-electron chi connectivity index (χ4n) is 2.17. The van der Waals surface area contributed by atoms with Gasteiger partial charge >= 0.3 is 0 Å². The van der Waals surface area contributed by atoms with Crippen LogP contribution in [0, 0.1) is 0 Å². The Kier molecular flexibility index (Phi) is 3.81. The lowest BCUT2D eigenvalue weighted by Crippen LogP contribution is -2.29. The SMILES string of the molecule is CCC(N)CNc1nc2c(cc1C(N)=O)CCC2. The van der Waals surface area contributed by atoms with Gasteiger partial charge in [-0.15, -0.1) is 0 Å². The second-order valence-electron chi connectivity index (χ2n) is 4.76. The first kappa shape index (κ1) is 12.8. The number of anilines is 1. The summed E-state index contributed by atoms with van der Waals surface area (Å²) < 4.78 is 0. The fraction of sp³-hybridized carbons (Fsp3) is 0.538. The van der Waals surface area contributed by atoms with Gasteiger partial charge in [0, 0.05) is 18.3 Å². The van der Waals surface area contributed by atoms with E-state index in [2.05, 4.69) is 10.3 Å². The van der Waals surface area contributed by atoms with E-state index < -0.39 is 5.91 Å². The Morgan fingerprint density at radius 1 is 1.56 bits per heavy atom. The minimum Gasteiger partial charge on any atom is -0.368 e. The number of nitrogens with zero attached hydrogens (tertiary/aromatic N) is 1. The van der Waals surface area contributed by atoms with Gasteiger partial charge in [-0.1, -0.05) is 6.92 Å². The molecule has 0 fully saturated rings. The molecule has 1 aliphatic carbocycles. The van der Waals surface area contributed by atoms with Crippen molar-refractivity contribution < 1.29 is 4.79 Å². The van der Waals surface area contributed by atoms with E-state index in [-0.39, 0.29) is 6.04 Å². The smallest absolute Gasteiger partial charge is 0.252 e. The molecule has 1 amide bonds. The number of amides is 1. The molecule has 1 aromatic heterocycles. The number of rotatable bonds is 5. The van der Waals surface area contributed by atoms with Gasteiger partial charge in [-0.25, -0.2) is 4.98 Å². The molecule has 1 unspecified atom stereocenters. The first-order valence-corrected chi connectivity index (χ1v) is 6.43. The van der Waals surface area contributed by atoms with Crippen molar-refractivity contribution >= 4 is 11.7 Å². The summed E-state index contributed by atoms with van der Waals surface area (Å²) in [6, 6.07) is 1.93. The van der Waals surface area contributed by atoms with E-state index in [1.54, 1.807) is 0 Å². The highest BCUT2D eigenvalue weighted by Gasteiger charge is 2.18. The second-order valence-corrected chi connectivity index (χ2v) is 4.76. The number of primary amides is 1. The van der Waals surface area contributed by atoms with Crippen molar-refractivity contribution in [1.29, 1.82) is 0 Å². The molecule has 5 nitrogen and oxygen atoms in total. The molecular formula is C13H20N4O. The fourth-order valence-corrected chi connectivity index (χ4v) is 2.17. The van der Waals surface area contributed by atoms with Crippen molar-refractivity contribution in [3.05, 3.63) is 22.9 Å². The highest BCUT2D eigenvalue weighted by Crippen LogP contribution is 2.25. The van der Waals surface area contributed by atoms with Crippen molar-refractivity contribution in [2.75, 3.05) is 11.9 Å². The van der Waals surface area contributed by atoms with E-state index in [1.807, 2.05) is 13.0 Å². The van der Waals surface area contributed by atoms with Gasteiger partial charge in [-0.3, -0.25) is 4.79 Å². The maximum absolute atomic E-state index is 11.4. The van der Waals surface area contributed by atoms with Crippen LogP contribution in [0.1, 0.15) is 41.4 Å². The van der Waals surface area contributed by atoms with E-state index in [9.17, 15) is 4.79 Å². The number of pyridine rings is 1. The summed E-state index contributed by atoms with van der Waals surface area (Å²) in [5.74, 6) is 0.136. The first-order valence-electron chi connectivity index (χ1n) is 6.43. The first-order chi connectivity index (χ1) is 8.61. The van der Waals surface area contributed by atoms with Gasteiger partial charge in [-0.05, 0) is 37.3 Å². The molecule has 0 saturated carbocycles. The molecule has 0 aliphatic heterocycles. The number of fused-ring (bicyclic) bond motifs is 1. The van der Waals surface area contributed by atoms with Crippen LogP contribution >= 0.6 is 0 Å². The van der Waals surface area contributed by atoms with Crippen LogP contribution in [-0.4, -0.2) is 23.5 Å². The van der Waals surface area contributed by atoms with Crippen molar-refractivity contribution in [3.63, 3.8) is 0 Å². The van der Waals surface area contributed by atoms with Crippen molar-refractivity contribution in [2.24, 2.45) is 11.5 Å². The molecule has 98 valence electrons. The maximum atomic E-state index is 11.4. The number of carbonyl (C=O) groups excluding carboxylic acids is 1. The number of nitrogens with one attached hydrogen (secondary N) is 1. The molecular weight excluding hydrogens is 228 g/mol. The molecule has 1 heterocycles. The zero-order valence-corrected chi connectivity index (χ0v) is 10.7.